The van der Waals surface area contributed by atoms with Gasteiger partial charge in [-0.1, -0.05) is 6.07 Å². The number of hydrogen-bond acceptors (Lipinski definition) is 3. The smallest absolute Gasteiger partial charge is 0.134 e. The molecular weight excluding hydrogens is 219 g/mol. The highest BCUT2D eigenvalue weighted by molar-refractivity contribution is 5.55. The van der Waals surface area contributed by atoms with E-state index in [1.54, 1.807) is 0 Å². The van der Waals surface area contributed by atoms with Crippen molar-refractivity contribution in [2.75, 3.05) is 24.6 Å². The van der Waals surface area contributed by atoms with Crippen molar-refractivity contribution < 1.29 is 9.13 Å². The number of nitrogens with zero attached hydrogens (tertiary/aromatic N) is 1. The largest absolute Gasteiger partial charge is 0.493 e. The standard InChI is InChI=1S/C13H17FN2O/c14-11-7-16(8-12(11)15)10-4-3-9-2-1-5-17-13(9)6-10/h3-4,6,11-12H,1-2,5,7-8,15H2/t11-,12-/m0/s1. The van der Waals surface area contributed by atoms with Crippen LogP contribution < -0.4 is 15.4 Å². The van der Waals surface area contributed by atoms with Crippen LogP contribution in [0.4, 0.5) is 10.1 Å². The van der Waals surface area contributed by atoms with Gasteiger partial charge in [0.05, 0.1) is 19.2 Å². The summed E-state index contributed by atoms with van der Waals surface area (Å²) >= 11 is 0. The predicted octanol–water partition coefficient (Wildman–Crippen LogP) is 1.50. The summed E-state index contributed by atoms with van der Waals surface area (Å²) < 4.78 is 19.0. The lowest BCUT2D eigenvalue weighted by atomic mass is 10.1. The van der Waals surface area contributed by atoms with Crippen molar-refractivity contribution in [2.45, 2.75) is 25.1 Å². The minimum atomic E-state index is -0.924. The van der Waals surface area contributed by atoms with E-state index < -0.39 is 6.17 Å². The third-order valence-electron chi connectivity index (χ3n) is 3.55. The minimum Gasteiger partial charge on any atom is -0.493 e. The molecule has 92 valence electrons. The maximum Gasteiger partial charge on any atom is 0.134 e. The normalized spacial score (nSPS) is 27.8. The molecule has 17 heavy (non-hydrogen) atoms. The van der Waals surface area contributed by atoms with Gasteiger partial charge in [-0.05, 0) is 24.5 Å². The van der Waals surface area contributed by atoms with Crippen molar-refractivity contribution in [3.05, 3.63) is 23.8 Å². The number of hydrogen-bond donors (Lipinski definition) is 1. The van der Waals surface area contributed by atoms with E-state index in [4.69, 9.17) is 10.5 Å². The molecule has 0 bridgehead atoms. The van der Waals surface area contributed by atoms with E-state index in [1.165, 1.54) is 5.56 Å². The van der Waals surface area contributed by atoms with E-state index in [2.05, 4.69) is 6.07 Å². The van der Waals surface area contributed by atoms with Gasteiger partial charge in [0.1, 0.15) is 11.9 Å². The second-order valence-electron chi connectivity index (χ2n) is 4.83. The molecule has 1 aromatic carbocycles. The SMILES string of the molecule is N[C@H]1CN(c2ccc3c(c2)OCCC3)C[C@@H]1F. The van der Waals surface area contributed by atoms with Crippen LogP contribution in [0.1, 0.15) is 12.0 Å². The highest BCUT2D eigenvalue weighted by Crippen LogP contribution is 2.31. The van der Waals surface area contributed by atoms with Crippen molar-refractivity contribution in [3.63, 3.8) is 0 Å². The van der Waals surface area contributed by atoms with Crippen molar-refractivity contribution in [1.29, 1.82) is 0 Å². The van der Waals surface area contributed by atoms with E-state index >= 15 is 0 Å². The van der Waals surface area contributed by atoms with Crippen LogP contribution in [0.25, 0.3) is 0 Å². The Morgan fingerprint density at radius 2 is 2.24 bits per heavy atom. The minimum absolute atomic E-state index is 0.369. The first-order valence-electron chi connectivity index (χ1n) is 6.14. The van der Waals surface area contributed by atoms with Gasteiger partial charge in [0.2, 0.25) is 0 Å². The summed E-state index contributed by atoms with van der Waals surface area (Å²) in [6, 6.07) is 5.77. The van der Waals surface area contributed by atoms with Crippen LogP contribution in [-0.4, -0.2) is 31.9 Å². The van der Waals surface area contributed by atoms with E-state index in [1.807, 2.05) is 17.0 Å². The van der Waals surface area contributed by atoms with Crippen LogP contribution in [0.3, 0.4) is 0 Å². The fourth-order valence-electron chi connectivity index (χ4n) is 2.53. The summed E-state index contributed by atoms with van der Waals surface area (Å²) in [6.45, 7) is 1.75. The van der Waals surface area contributed by atoms with Gasteiger partial charge in [0.25, 0.3) is 0 Å². The first-order valence-corrected chi connectivity index (χ1v) is 6.14. The van der Waals surface area contributed by atoms with Crippen LogP contribution in [0.2, 0.25) is 0 Å². The van der Waals surface area contributed by atoms with Crippen LogP contribution >= 0.6 is 0 Å². The Labute approximate surface area is 100 Å². The molecule has 2 N–H and O–H groups in total. The van der Waals surface area contributed by atoms with Crippen LogP contribution in [0.5, 0.6) is 5.75 Å². The van der Waals surface area contributed by atoms with Crippen LogP contribution in [-0.2, 0) is 6.42 Å². The molecule has 1 aromatic rings. The highest BCUT2D eigenvalue weighted by atomic mass is 19.1. The second-order valence-corrected chi connectivity index (χ2v) is 4.83. The van der Waals surface area contributed by atoms with Gasteiger partial charge < -0.3 is 15.4 Å². The zero-order valence-corrected chi connectivity index (χ0v) is 9.73. The van der Waals surface area contributed by atoms with Gasteiger partial charge in [-0.15, -0.1) is 0 Å². The molecule has 0 amide bonds. The van der Waals surface area contributed by atoms with Gasteiger partial charge in [-0.2, -0.15) is 0 Å². The molecule has 3 nitrogen and oxygen atoms in total. The van der Waals surface area contributed by atoms with Gasteiger partial charge >= 0.3 is 0 Å². The Kier molecular flexibility index (Phi) is 2.67. The van der Waals surface area contributed by atoms with Crippen LogP contribution in [0, 0.1) is 0 Å². The van der Waals surface area contributed by atoms with E-state index in [9.17, 15) is 4.39 Å². The number of halogens is 1. The fourth-order valence-corrected chi connectivity index (χ4v) is 2.53. The molecule has 0 radical (unpaired) electrons. The maximum atomic E-state index is 13.4. The van der Waals surface area contributed by atoms with Crippen molar-refractivity contribution in [2.24, 2.45) is 5.73 Å². The summed E-state index contributed by atoms with van der Waals surface area (Å²) in [7, 11) is 0. The molecule has 0 aromatic heterocycles. The van der Waals surface area contributed by atoms with Crippen molar-refractivity contribution >= 4 is 5.69 Å². The zero-order chi connectivity index (χ0) is 11.8. The predicted molar refractivity (Wildman–Crippen MR) is 65.3 cm³/mol. The Hall–Kier alpha value is -1.29. The highest BCUT2D eigenvalue weighted by Gasteiger charge is 2.30. The molecule has 0 aliphatic carbocycles. The fraction of sp³-hybridized carbons (Fsp3) is 0.538. The maximum absolute atomic E-state index is 13.4. The topological polar surface area (TPSA) is 38.5 Å². The number of aryl methyl sites for hydroxylation is 1. The van der Waals surface area contributed by atoms with Gasteiger partial charge in [0, 0.05) is 18.3 Å². The Morgan fingerprint density at radius 3 is 3.00 bits per heavy atom. The molecular formula is C13H17FN2O. The number of benzene rings is 1. The zero-order valence-electron chi connectivity index (χ0n) is 9.73. The van der Waals surface area contributed by atoms with Gasteiger partial charge in [0.15, 0.2) is 0 Å². The lowest BCUT2D eigenvalue weighted by Crippen LogP contribution is -2.30. The third-order valence-corrected chi connectivity index (χ3v) is 3.55. The lowest BCUT2D eigenvalue weighted by Gasteiger charge is -2.22. The monoisotopic (exact) mass is 236 g/mol. The van der Waals surface area contributed by atoms with E-state index in [0.717, 1.165) is 30.9 Å². The molecule has 2 atom stereocenters. The summed E-state index contributed by atoms with van der Waals surface area (Å²) in [4.78, 5) is 1.99. The van der Waals surface area contributed by atoms with Crippen molar-refractivity contribution in [1.82, 2.24) is 0 Å². The van der Waals surface area contributed by atoms with E-state index in [-0.39, 0.29) is 6.04 Å². The number of anilines is 1. The van der Waals surface area contributed by atoms with Crippen LogP contribution in [0.15, 0.2) is 18.2 Å². The molecule has 0 saturated carbocycles. The average Bonchev–Trinajstić information content (AvgIpc) is 2.69. The first kappa shape index (κ1) is 10.8. The summed E-state index contributed by atoms with van der Waals surface area (Å²) in [5, 5.41) is 0. The van der Waals surface area contributed by atoms with Crippen molar-refractivity contribution in [3.8, 4) is 5.75 Å². The summed E-state index contributed by atoms with van der Waals surface area (Å²) in [5.41, 5.74) is 7.96. The third kappa shape index (κ3) is 1.97. The Bertz CT molecular complexity index is 414. The summed E-state index contributed by atoms with van der Waals surface area (Å²) in [5.74, 6) is 0.949. The number of alkyl halides is 1. The molecule has 0 spiro atoms. The molecule has 2 aliphatic rings. The first-order chi connectivity index (χ1) is 8.24. The number of fused-ring (bicyclic) bond motifs is 1. The number of rotatable bonds is 1. The molecule has 1 fully saturated rings. The van der Waals surface area contributed by atoms with E-state index in [0.29, 0.717) is 13.1 Å². The molecule has 2 aliphatic heterocycles. The molecule has 0 unspecified atom stereocenters. The summed E-state index contributed by atoms with van der Waals surface area (Å²) in [6.07, 6.45) is 1.22. The molecule has 2 heterocycles. The average molecular weight is 236 g/mol. The lowest BCUT2D eigenvalue weighted by molar-refractivity contribution is 0.288. The molecule has 3 rings (SSSR count). The van der Waals surface area contributed by atoms with Gasteiger partial charge in [-0.3, -0.25) is 0 Å². The number of ether oxygens (including phenoxy) is 1. The molecule has 4 heteroatoms. The number of nitrogens with two attached hydrogens (primary N) is 1. The molecule has 1 saturated heterocycles. The Morgan fingerprint density at radius 1 is 1.35 bits per heavy atom. The second kappa shape index (κ2) is 4.18. The Balaban J connectivity index is 1.84. The van der Waals surface area contributed by atoms with Gasteiger partial charge in [-0.25, -0.2) is 4.39 Å². The quantitative estimate of drug-likeness (QED) is 0.803.